The zero-order chi connectivity index (χ0) is 20.9. The molecule has 4 heteroatoms. The third-order valence-electron chi connectivity index (χ3n) is 6.27. The highest BCUT2D eigenvalue weighted by molar-refractivity contribution is 5.92. The molecule has 0 aliphatic heterocycles. The summed E-state index contributed by atoms with van der Waals surface area (Å²) in [7, 11) is 0. The molecule has 0 unspecified atom stereocenters. The first-order valence-electron chi connectivity index (χ1n) is 10.6. The van der Waals surface area contributed by atoms with Crippen molar-refractivity contribution in [3.8, 4) is 0 Å². The molecule has 1 saturated carbocycles. The molecule has 0 spiro atoms. The molecule has 3 rings (SSSR count). The van der Waals surface area contributed by atoms with Gasteiger partial charge in [0.05, 0.1) is 11.1 Å². The second-order valence-corrected chi connectivity index (χ2v) is 8.29. The fraction of sp³-hybridized carbons (Fsp3) is 0.440. The van der Waals surface area contributed by atoms with Crippen molar-refractivity contribution in [3.05, 3.63) is 70.8 Å². The summed E-state index contributed by atoms with van der Waals surface area (Å²) >= 11 is 0. The molecule has 0 bridgehead atoms. The Morgan fingerprint density at radius 1 is 0.897 bits per heavy atom. The normalized spacial score (nSPS) is 20.6. The van der Waals surface area contributed by atoms with Crippen molar-refractivity contribution in [3.63, 3.8) is 0 Å². The first-order valence-corrected chi connectivity index (χ1v) is 10.6. The average Bonchev–Trinajstić information content (AvgIpc) is 2.72. The van der Waals surface area contributed by atoms with Crippen LogP contribution in [0.25, 0.3) is 0 Å². The lowest BCUT2D eigenvalue weighted by molar-refractivity contribution is -0.187. The minimum atomic E-state index is -0.688. The molecule has 0 radical (unpaired) electrons. The highest BCUT2D eigenvalue weighted by atomic mass is 17.2. The Bertz CT molecular complexity index is 830. The van der Waals surface area contributed by atoms with Gasteiger partial charge in [-0.3, -0.25) is 0 Å². The molecule has 29 heavy (non-hydrogen) atoms. The van der Waals surface area contributed by atoms with Gasteiger partial charge in [0.1, 0.15) is 0 Å². The molecular weight excluding hydrogens is 364 g/mol. The van der Waals surface area contributed by atoms with Crippen LogP contribution in [0.5, 0.6) is 0 Å². The lowest BCUT2D eigenvalue weighted by Crippen LogP contribution is -2.35. The van der Waals surface area contributed by atoms with Crippen LogP contribution < -0.4 is 0 Å². The molecule has 2 aromatic carbocycles. The topological polar surface area (TPSA) is 52.6 Å². The number of hydrogen-bond donors (Lipinski definition) is 0. The maximum atomic E-state index is 12.2. The monoisotopic (exact) mass is 394 g/mol. The summed E-state index contributed by atoms with van der Waals surface area (Å²) in [6.45, 7) is 6.47. The van der Waals surface area contributed by atoms with Crippen molar-refractivity contribution < 1.29 is 19.4 Å². The summed E-state index contributed by atoms with van der Waals surface area (Å²) in [6, 6.07) is 14.3. The van der Waals surface area contributed by atoms with E-state index in [0.29, 0.717) is 22.5 Å². The Morgan fingerprint density at radius 3 is 1.90 bits per heavy atom. The van der Waals surface area contributed by atoms with E-state index in [1.54, 1.807) is 36.4 Å². The molecule has 0 heterocycles. The summed E-state index contributed by atoms with van der Waals surface area (Å²) in [4.78, 5) is 33.5. The van der Waals surface area contributed by atoms with Gasteiger partial charge in [-0.15, -0.1) is 0 Å². The van der Waals surface area contributed by atoms with Crippen molar-refractivity contribution in [2.45, 2.75) is 65.2 Å². The third kappa shape index (κ3) is 5.06. The fourth-order valence-corrected chi connectivity index (χ4v) is 4.20. The van der Waals surface area contributed by atoms with Crippen LogP contribution in [0.3, 0.4) is 0 Å². The summed E-state index contributed by atoms with van der Waals surface area (Å²) < 4.78 is 0. The highest BCUT2D eigenvalue weighted by Gasteiger charge is 2.42. The van der Waals surface area contributed by atoms with Crippen LogP contribution in [-0.2, 0) is 9.78 Å². The minimum Gasteiger partial charge on any atom is -0.242 e. The van der Waals surface area contributed by atoms with Crippen LogP contribution in [0.2, 0.25) is 0 Å². The molecule has 0 amide bonds. The molecule has 0 saturated heterocycles. The summed E-state index contributed by atoms with van der Waals surface area (Å²) in [5, 5.41) is 0. The van der Waals surface area contributed by atoms with E-state index in [1.807, 2.05) is 19.1 Å². The van der Waals surface area contributed by atoms with Gasteiger partial charge < -0.3 is 0 Å². The van der Waals surface area contributed by atoms with Crippen molar-refractivity contribution in [2.24, 2.45) is 5.41 Å². The second-order valence-electron chi connectivity index (χ2n) is 8.29. The Balaban J connectivity index is 1.51. The predicted molar refractivity (Wildman–Crippen MR) is 113 cm³/mol. The van der Waals surface area contributed by atoms with Crippen molar-refractivity contribution in [1.82, 2.24) is 0 Å². The Morgan fingerprint density at radius 2 is 1.41 bits per heavy atom. The summed E-state index contributed by atoms with van der Waals surface area (Å²) in [5.74, 6) is -0.792. The van der Waals surface area contributed by atoms with E-state index < -0.39 is 11.9 Å². The van der Waals surface area contributed by atoms with Crippen LogP contribution in [-0.4, -0.2) is 11.9 Å². The van der Waals surface area contributed by atoms with E-state index in [2.05, 4.69) is 18.7 Å². The largest absolute Gasteiger partial charge is 0.386 e. The molecule has 4 nitrogen and oxygen atoms in total. The predicted octanol–water partition coefficient (Wildman–Crippen LogP) is 6.39. The van der Waals surface area contributed by atoms with Gasteiger partial charge in [0.25, 0.3) is 0 Å². The fourth-order valence-electron chi connectivity index (χ4n) is 4.20. The first-order chi connectivity index (χ1) is 14.0. The van der Waals surface area contributed by atoms with E-state index in [0.717, 1.165) is 5.56 Å². The smallest absolute Gasteiger partial charge is 0.242 e. The average molecular weight is 395 g/mol. The van der Waals surface area contributed by atoms with Gasteiger partial charge in [-0.2, -0.15) is 0 Å². The lowest BCUT2D eigenvalue weighted by Gasteiger charge is -2.48. The van der Waals surface area contributed by atoms with Gasteiger partial charge in [0.15, 0.2) is 0 Å². The highest BCUT2D eigenvalue weighted by Crippen LogP contribution is 2.55. The molecule has 0 N–H and O–H groups in total. The number of aryl methyl sites for hydroxylation is 1. The number of unbranched alkanes of at least 4 members (excludes halogenated alkanes) is 1. The number of carbonyl (C=O) groups is 2. The lowest BCUT2D eigenvalue weighted by atomic mass is 9.57. The van der Waals surface area contributed by atoms with Gasteiger partial charge in [-0.1, -0.05) is 62.9 Å². The van der Waals surface area contributed by atoms with Crippen LogP contribution >= 0.6 is 0 Å². The molecule has 1 fully saturated rings. The number of carbonyl (C=O) groups excluding carboxylic acids is 2. The van der Waals surface area contributed by atoms with E-state index in [-0.39, 0.29) is 0 Å². The van der Waals surface area contributed by atoms with Crippen molar-refractivity contribution in [1.29, 1.82) is 0 Å². The summed E-state index contributed by atoms with van der Waals surface area (Å²) in [5.41, 5.74) is 3.51. The second kappa shape index (κ2) is 9.25. The first kappa shape index (κ1) is 21.1. The minimum absolute atomic E-state index is 0.339. The third-order valence-corrected chi connectivity index (χ3v) is 6.27. The van der Waals surface area contributed by atoms with Gasteiger partial charge in [0.2, 0.25) is 0 Å². The molecule has 0 atom stereocenters. The maximum absolute atomic E-state index is 12.2. The summed E-state index contributed by atoms with van der Waals surface area (Å²) in [6.07, 6.45) is 7.54. The number of benzene rings is 2. The van der Waals surface area contributed by atoms with Crippen LogP contribution in [0.15, 0.2) is 48.5 Å². The maximum Gasteiger partial charge on any atom is 0.386 e. The van der Waals surface area contributed by atoms with E-state index in [1.165, 1.54) is 44.1 Å². The van der Waals surface area contributed by atoms with E-state index in [4.69, 9.17) is 4.89 Å². The van der Waals surface area contributed by atoms with Gasteiger partial charge in [-0.25, -0.2) is 19.4 Å². The van der Waals surface area contributed by atoms with Crippen molar-refractivity contribution in [2.75, 3.05) is 0 Å². The van der Waals surface area contributed by atoms with E-state index >= 15 is 0 Å². The van der Waals surface area contributed by atoms with E-state index in [9.17, 15) is 9.59 Å². The Kier molecular flexibility index (Phi) is 6.73. The Labute approximate surface area is 173 Å². The van der Waals surface area contributed by atoms with Crippen LogP contribution in [0, 0.1) is 12.3 Å². The Hall–Kier alpha value is -2.62. The van der Waals surface area contributed by atoms with Crippen molar-refractivity contribution >= 4 is 11.9 Å². The zero-order valence-corrected chi connectivity index (χ0v) is 17.6. The van der Waals surface area contributed by atoms with Gasteiger partial charge in [-0.05, 0) is 67.3 Å². The standard InChI is InChI=1S/C25H30O4/c1-4-6-15-25(5-2)16-22(17-25)19-11-13-21(14-12-19)24(27)29-28-23(26)20-9-7-18(3)8-10-20/h7-14,22H,4-6,15-17H2,1-3H3. The molecule has 2 aromatic rings. The molecule has 0 aromatic heterocycles. The van der Waals surface area contributed by atoms with Gasteiger partial charge >= 0.3 is 11.9 Å². The quantitative estimate of drug-likeness (QED) is 0.403. The molecule has 1 aliphatic carbocycles. The molecule has 154 valence electrons. The number of hydrogen-bond acceptors (Lipinski definition) is 4. The van der Waals surface area contributed by atoms with Crippen LogP contribution in [0.1, 0.15) is 90.1 Å². The zero-order valence-electron chi connectivity index (χ0n) is 17.6. The molecule has 1 aliphatic rings. The SMILES string of the molecule is CCCCC1(CC)CC(c2ccc(C(=O)OOC(=O)c3ccc(C)cc3)cc2)C1. The van der Waals surface area contributed by atoms with Crippen LogP contribution in [0.4, 0.5) is 0 Å². The molecular formula is C25H30O4. The number of rotatable bonds is 7. The van der Waals surface area contributed by atoms with Gasteiger partial charge in [0, 0.05) is 0 Å².